The molecule has 1 aromatic rings. The molecule has 1 aromatic carbocycles. The van der Waals surface area contributed by atoms with Crippen molar-refractivity contribution >= 4 is 0 Å². The standard InChI is InChI=1S/C12H11/c1-4-10-8-7-9-11(5-2)12(10)6-3/h1,7-9H,2,6H2,3H3. The molecule has 0 fully saturated rings. The van der Waals surface area contributed by atoms with Gasteiger partial charge in [-0.2, -0.15) is 0 Å². The Morgan fingerprint density at radius 1 is 1.42 bits per heavy atom. The van der Waals surface area contributed by atoms with Gasteiger partial charge in [-0.1, -0.05) is 31.6 Å². The molecule has 0 heterocycles. The molecule has 0 N–H and O–H groups in total. The summed E-state index contributed by atoms with van der Waals surface area (Å²) in [6.07, 6.45) is 9.16. The molecule has 0 bridgehead atoms. The van der Waals surface area contributed by atoms with Gasteiger partial charge in [0.25, 0.3) is 0 Å². The third kappa shape index (κ3) is 1.40. The van der Waals surface area contributed by atoms with Crippen LogP contribution in [0.15, 0.2) is 24.8 Å². The lowest BCUT2D eigenvalue weighted by atomic mass is 9.99. The number of hydrogen-bond donors (Lipinski definition) is 0. The minimum absolute atomic E-state index is 0.929. The molecule has 0 spiro atoms. The van der Waals surface area contributed by atoms with Crippen molar-refractivity contribution in [3.63, 3.8) is 0 Å². The zero-order valence-electron chi connectivity index (χ0n) is 7.22. The van der Waals surface area contributed by atoms with Crippen LogP contribution in [0.5, 0.6) is 0 Å². The van der Waals surface area contributed by atoms with Crippen LogP contribution in [0.1, 0.15) is 23.6 Å². The Hall–Kier alpha value is -1.48. The first-order valence-electron chi connectivity index (χ1n) is 3.95. The van der Waals surface area contributed by atoms with E-state index in [4.69, 9.17) is 6.42 Å². The third-order valence-corrected chi connectivity index (χ3v) is 1.88. The molecule has 0 unspecified atom stereocenters. The minimum atomic E-state index is 0.929. The highest BCUT2D eigenvalue weighted by Gasteiger charge is 2.00. The second kappa shape index (κ2) is 3.78. The van der Waals surface area contributed by atoms with Crippen LogP contribution in [0, 0.1) is 18.4 Å². The molecule has 1 radical (unpaired) electrons. The molecule has 0 aliphatic carbocycles. The SMILES string of the molecule is C#Cc1cccc([C]=C)c1CC. The average Bonchev–Trinajstić information content (AvgIpc) is 2.16. The lowest BCUT2D eigenvalue weighted by molar-refractivity contribution is 1.11. The molecule has 1 rings (SSSR count). The van der Waals surface area contributed by atoms with Crippen molar-refractivity contribution in [1.29, 1.82) is 0 Å². The Balaban J connectivity index is 3.34. The largest absolute Gasteiger partial charge is 0.115 e. The van der Waals surface area contributed by atoms with Crippen molar-refractivity contribution in [2.75, 3.05) is 0 Å². The molecule has 0 aliphatic heterocycles. The summed E-state index contributed by atoms with van der Waals surface area (Å²) in [5.74, 6) is 2.65. The van der Waals surface area contributed by atoms with E-state index in [1.807, 2.05) is 18.2 Å². The van der Waals surface area contributed by atoms with Crippen molar-refractivity contribution in [2.45, 2.75) is 13.3 Å². The zero-order valence-corrected chi connectivity index (χ0v) is 7.22. The molecule has 59 valence electrons. The van der Waals surface area contributed by atoms with E-state index in [1.165, 1.54) is 0 Å². The molecular formula is C12H11. The van der Waals surface area contributed by atoms with Crippen LogP contribution in [-0.2, 0) is 6.42 Å². The fraction of sp³-hybridized carbons (Fsp3) is 0.167. The van der Waals surface area contributed by atoms with Crippen LogP contribution in [0.4, 0.5) is 0 Å². The van der Waals surface area contributed by atoms with Gasteiger partial charge in [-0.05, 0) is 29.7 Å². The van der Waals surface area contributed by atoms with E-state index in [9.17, 15) is 0 Å². The van der Waals surface area contributed by atoms with E-state index >= 15 is 0 Å². The van der Waals surface area contributed by atoms with Gasteiger partial charge in [0.05, 0.1) is 0 Å². The predicted octanol–water partition coefficient (Wildman–Crippen LogP) is 2.57. The number of terminal acetylenes is 1. The molecular weight excluding hydrogens is 144 g/mol. The summed E-state index contributed by atoms with van der Waals surface area (Å²) in [6, 6.07) is 5.86. The Labute approximate surface area is 73.9 Å². The topological polar surface area (TPSA) is 0 Å². The van der Waals surface area contributed by atoms with Crippen molar-refractivity contribution in [2.24, 2.45) is 0 Å². The molecule has 0 atom stereocenters. The van der Waals surface area contributed by atoms with Gasteiger partial charge in [-0.25, -0.2) is 0 Å². The normalized spacial score (nSPS) is 9.00. The summed E-state index contributed by atoms with van der Waals surface area (Å²) in [5.41, 5.74) is 3.13. The van der Waals surface area contributed by atoms with Crippen LogP contribution < -0.4 is 0 Å². The maximum Gasteiger partial charge on any atom is 0.0280 e. The fourth-order valence-corrected chi connectivity index (χ4v) is 1.27. The molecule has 0 heteroatoms. The maximum absolute atomic E-state index is 5.35. The van der Waals surface area contributed by atoms with Gasteiger partial charge in [0, 0.05) is 5.56 Å². The van der Waals surface area contributed by atoms with E-state index < -0.39 is 0 Å². The van der Waals surface area contributed by atoms with E-state index in [0.717, 1.165) is 23.1 Å². The van der Waals surface area contributed by atoms with Gasteiger partial charge in [0.15, 0.2) is 0 Å². The summed E-state index contributed by atoms with van der Waals surface area (Å²) < 4.78 is 0. The van der Waals surface area contributed by atoms with Gasteiger partial charge in [0.2, 0.25) is 0 Å². The van der Waals surface area contributed by atoms with Crippen LogP contribution in [0.2, 0.25) is 0 Å². The number of benzene rings is 1. The first kappa shape index (κ1) is 8.62. The summed E-state index contributed by atoms with van der Waals surface area (Å²) in [4.78, 5) is 0. The Kier molecular flexibility index (Phi) is 2.71. The molecule has 0 saturated carbocycles. The first-order chi connectivity index (χ1) is 5.83. The molecule has 0 nitrogen and oxygen atoms in total. The zero-order chi connectivity index (χ0) is 8.97. The van der Waals surface area contributed by atoms with Crippen LogP contribution in [0.3, 0.4) is 0 Å². The number of rotatable bonds is 2. The van der Waals surface area contributed by atoms with Crippen molar-refractivity contribution < 1.29 is 0 Å². The highest BCUT2D eigenvalue weighted by molar-refractivity contribution is 5.46. The van der Waals surface area contributed by atoms with Crippen molar-refractivity contribution in [3.05, 3.63) is 47.5 Å². The molecule has 0 aromatic heterocycles. The molecule has 0 amide bonds. The Morgan fingerprint density at radius 2 is 2.08 bits per heavy atom. The minimum Gasteiger partial charge on any atom is -0.115 e. The van der Waals surface area contributed by atoms with E-state index in [-0.39, 0.29) is 0 Å². The van der Waals surface area contributed by atoms with E-state index in [1.54, 1.807) is 0 Å². The predicted molar refractivity (Wildman–Crippen MR) is 51.7 cm³/mol. The van der Waals surface area contributed by atoms with Crippen LogP contribution >= 0.6 is 0 Å². The highest BCUT2D eigenvalue weighted by atomic mass is 14.0. The first-order valence-corrected chi connectivity index (χ1v) is 3.95. The monoisotopic (exact) mass is 155 g/mol. The van der Waals surface area contributed by atoms with Gasteiger partial charge >= 0.3 is 0 Å². The van der Waals surface area contributed by atoms with Crippen molar-refractivity contribution in [1.82, 2.24) is 0 Å². The summed E-state index contributed by atoms with van der Waals surface area (Å²) in [6.45, 7) is 5.70. The van der Waals surface area contributed by atoms with Crippen LogP contribution in [-0.4, -0.2) is 0 Å². The quantitative estimate of drug-likeness (QED) is 0.576. The summed E-state index contributed by atoms with van der Waals surface area (Å²) in [5, 5.41) is 0. The average molecular weight is 155 g/mol. The maximum atomic E-state index is 5.35. The molecule has 12 heavy (non-hydrogen) atoms. The number of hydrogen-bond acceptors (Lipinski definition) is 0. The van der Waals surface area contributed by atoms with Gasteiger partial charge in [-0.3, -0.25) is 0 Å². The van der Waals surface area contributed by atoms with E-state index in [2.05, 4.69) is 25.5 Å². The second-order valence-corrected chi connectivity index (χ2v) is 2.51. The lowest BCUT2D eigenvalue weighted by Gasteiger charge is -2.04. The van der Waals surface area contributed by atoms with Gasteiger partial charge in [-0.15, -0.1) is 6.42 Å². The third-order valence-electron chi connectivity index (χ3n) is 1.88. The molecule has 0 saturated heterocycles. The van der Waals surface area contributed by atoms with Crippen LogP contribution in [0.25, 0.3) is 0 Å². The Bertz CT molecular complexity index is 326. The van der Waals surface area contributed by atoms with E-state index in [0.29, 0.717) is 0 Å². The second-order valence-electron chi connectivity index (χ2n) is 2.51. The fourth-order valence-electron chi connectivity index (χ4n) is 1.27. The lowest BCUT2D eigenvalue weighted by Crippen LogP contribution is -1.91. The smallest absolute Gasteiger partial charge is 0.0280 e. The summed E-state index contributed by atoms with van der Waals surface area (Å²) in [7, 11) is 0. The van der Waals surface area contributed by atoms with Crippen molar-refractivity contribution in [3.8, 4) is 12.3 Å². The summed E-state index contributed by atoms with van der Waals surface area (Å²) >= 11 is 0. The highest BCUT2D eigenvalue weighted by Crippen LogP contribution is 2.14. The van der Waals surface area contributed by atoms with Gasteiger partial charge < -0.3 is 0 Å². The Morgan fingerprint density at radius 3 is 2.58 bits per heavy atom. The molecule has 0 aliphatic rings. The van der Waals surface area contributed by atoms with Gasteiger partial charge in [0.1, 0.15) is 0 Å².